The number of morpholine rings is 1. The van der Waals surface area contributed by atoms with Gasteiger partial charge in [0.15, 0.2) is 0 Å². The predicted octanol–water partition coefficient (Wildman–Crippen LogP) is 4.95. The van der Waals surface area contributed by atoms with E-state index in [9.17, 15) is 13.2 Å². The molecule has 2 atom stereocenters. The van der Waals surface area contributed by atoms with Crippen LogP contribution in [0.5, 0.6) is 0 Å². The van der Waals surface area contributed by atoms with Crippen molar-refractivity contribution in [2.75, 3.05) is 13.1 Å². The fourth-order valence-electron chi connectivity index (χ4n) is 2.73. The van der Waals surface area contributed by atoms with E-state index in [0.717, 1.165) is 5.57 Å². The van der Waals surface area contributed by atoms with Crippen LogP contribution in [0.25, 0.3) is 0 Å². The Balaban J connectivity index is 0.00000277. The Bertz CT molecular complexity index is 510. The highest BCUT2D eigenvalue weighted by molar-refractivity contribution is 6.09. The lowest BCUT2D eigenvalue weighted by atomic mass is 9.99. The Morgan fingerprint density at radius 2 is 1.68 bits per heavy atom. The van der Waals surface area contributed by atoms with Gasteiger partial charge in [-0.15, -0.1) is 12.8 Å². The molecule has 1 aliphatic heterocycles. The van der Waals surface area contributed by atoms with Crippen LogP contribution in [0.4, 0.5) is 13.2 Å². The standard InChI is InChI=1S/C17H27F3N2O.C2H2/c1-11(7-6-8-17(18,19)20)14(4)16(21)15(5)22-9-12(2)23-13(3)10-22;1-2/h12-13,21H,5-10H2,1-4H3;1-2H/b14-11+,21-16?;/t12-,13+;. The number of nitrogens with zero attached hydrogens (tertiary/aromatic N) is 1. The van der Waals surface area contributed by atoms with Gasteiger partial charge in [-0.2, -0.15) is 13.2 Å². The molecule has 1 heterocycles. The highest BCUT2D eigenvalue weighted by Crippen LogP contribution is 2.25. The second kappa shape index (κ2) is 10.3. The Morgan fingerprint density at radius 1 is 1.20 bits per heavy atom. The highest BCUT2D eigenvalue weighted by atomic mass is 19.4. The minimum atomic E-state index is -4.12. The Hall–Kier alpha value is -1.74. The molecule has 1 aliphatic rings. The number of terminal acetylenes is 1. The molecule has 0 unspecified atom stereocenters. The molecule has 0 aliphatic carbocycles. The van der Waals surface area contributed by atoms with Gasteiger partial charge in [-0.05, 0) is 46.1 Å². The SMILES string of the molecule is C#C.C=C(C(=N)/C(C)=C(\C)CCCC(F)(F)F)N1C[C@@H](C)O[C@@H](C)C1. The highest BCUT2D eigenvalue weighted by Gasteiger charge is 2.27. The summed E-state index contributed by atoms with van der Waals surface area (Å²) >= 11 is 0. The van der Waals surface area contributed by atoms with Crippen LogP contribution in [0.15, 0.2) is 23.4 Å². The van der Waals surface area contributed by atoms with Crippen LogP contribution in [-0.2, 0) is 4.74 Å². The van der Waals surface area contributed by atoms with Gasteiger partial charge in [0.05, 0.1) is 23.6 Å². The van der Waals surface area contributed by atoms with Crippen molar-refractivity contribution in [1.82, 2.24) is 4.90 Å². The van der Waals surface area contributed by atoms with E-state index in [4.69, 9.17) is 10.1 Å². The van der Waals surface area contributed by atoms with E-state index in [1.54, 1.807) is 13.8 Å². The summed E-state index contributed by atoms with van der Waals surface area (Å²) in [6.45, 7) is 12.9. The monoisotopic (exact) mass is 358 g/mol. The lowest BCUT2D eigenvalue weighted by Crippen LogP contribution is -2.45. The molecule has 1 fully saturated rings. The summed E-state index contributed by atoms with van der Waals surface area (Å²) in [6, 6.07) is 0. The van der Waals surface area contributed by atoms with Gasteiger partial charge in [-0.3, -0.25) is 5.41 Å². The zero-order chi connectivity index (χ0) is 19.8. The van der Waals surface area contributed by atoms with Gasteiger partial charge < -0.3 is 9.64 Å². The molecular formula is C19H29F3N2O. The average Bonchev–Trinajstić information content (AvgIpc) is 2.52. The second-order valence-corrected chi connectivity index (χ2v) is 6.36. The number of allylic oxidation sites excluding steroid dienone is 2. The summed E-state index contributed by atoms with van der Waals surface area (Å²) in [6.07, 6.45) is 3.63. The van der Waals surface area contributed by atoms with E-state index in [2.05, 4.69) is 19.4 Å². The molecule has 0 saturated carbocycles. The molecule has 0 aromatic heterocycles. The number of ether oxygens (including phenoxy) is 1. The van der Waals surface area contributed by atoms with Crippen molar-refractivity contribution >= 4 is 5.71 Å². The number of hydrogen-bond acceptors (Lipinski definition) is 3. The molecule has 3 nitrogen and oxygen atoms in total. The maximum atomic E-state index is 12.2. The molecule has 1 rings (SSSR count). The van der Waals surface area contributed by atoms with Crippen LogP contribution in [-0.4, -0.2) is 42.1 Å². The molecule has 0 aromatic rings. The Labute approximate surface area is 149 Å². The normalized spacial score (nSPS) is 21.7. The minimum Gasteiger partial charge on any atom is -0.372 e. The maximum Gasteiger partial charge on any atom is 0.389 e. The first-order valence-corrected chi connectivity index (χ1v) is 8.26. The van der Waals surface area contributed by atoms with Gasteiger partial charge in [0.2, 0.25) is 0 Å². The third-order valence-electron chi connectivity index (χ3n) is 4.12. The summed E-state index contributed by atoms with van der Waals surface area (Å²) in [5.74, 6) is 0. The Morgan fingerprint density at radius 3 is 2.12 bits per heavy atom. The van der Waals surface area contributed by atoms with Crippen molar-refractivity contribution < 1.29 is 17.9 Å². The summed E-state index contributed by atoms with van der Waals surface area (Å²) < 4.78 is 42.3. The van der Waals surface area contributed by atoms with Gasteiger partial charge in [0.25, 0.3) is 0 Å². The van der Waals surface area contributed by atoms with Crippen LogP contribution in [0.3, 0.4) is 0 Å². The van der Waals surface area contributed by atoms with Crippen molar-refractivity contribution in [2.24, 2.45) is 0 Å². The fraction of sp³-hybridized carbons (Fsp3) is 0.632. The first-order chi connectivity index (χ1) is 11.5. The summed E-state index contributed by atoms with van der Waals surface area (Å²) in [5.41, 5.74) is 2.44. The van der Waals surface area contributed by atoms with Crippen LogP contribution in [0.2, 0.25) is 0 Å². The topological polar surface area (TPSA) is 36.3 Å². The lowest BCUT2D eigenvalue weighted by Gasteiger charge is -2.38. The zero-order valence-electron chi connectivity index (χ0n) is 15.5. The van der Waals surface area contributed by atoms with Crippen molar-refractivity contribution in [3.8, 4) is 12.8 Å². The average molecular weight is 358 g/mol. The number of rotatable bonds is 6. The maximum absolute atomic E-state index is 12.2. The van der Waals surface area contributed by atoms with Gasteiger partial charge in [0.1, 0.15) is 0 Å². The van der Waals surface area contributed by atoms with Crippen molar-refractivity contribution in [3.63, 3.8) is 0 Å². The molecular weight excluding hydrogens is 329 g/mol. The van der Waals surface area contributed by atoms with Gasteiger partial charge in [-0.25, -0.2) is 0 Å². The first-order valence-electron chi connectivity index (χ1n) is 8.26. The van der Waals surface area contributed by atoms with E-state index < -0.39 is 12.6 Å². The van der Waals surface area contributed by atoms with Crippen molar-refractivity contribution in [3.05, 3.63) is 23.4 Å². The number of hydrogen-bond donors (Lipinski definition) is 1. The predicted molar refractivity (Wildman–Crippen MR) is 96.6 cm³/mol. The van der Waals surface area contributed by atoms with E-state index in [0.29, 0.717) is 36.5 Å². The molecule has 25 heavy (non-hydrogen) atoms. The minimum absolute atomic E-state index is 0.0536. The van der Waals surface area contributed by atoms with E-state index in [-0.39, 0.29) is 18.6 Å². The van der Waals surface area contributed by atoms with Crippen molar-refractivity contribution in [1.29, 1.82) is 5.41 Å². The molecule has 0 amide bonds. The van der Waals surface area contributed by atoms with Crippen LogP contribution >= 0.6 is 0 Å². The third kappa shape index (κ3) is 8.26. The molecule has 0 radical (unpaired) electrons. The molecule has 1 saturated heterocycles. The molecule has 142 valence electrons. The van der Waals surface area contributed by atoms with Gasteiger partial charge in [-0.1, -0.05) is 12.2 Å². The number of alkyl halides is 3. The van der Waals surface area contributed by atoms with E-state index >= 15 is 0 Å². The number of halogens is 3. The van der Waals surface area contributed by atoms with Crippen LogP contribution < -0.4 is 0 Å². The van der Waals surface area contributed by atoms with Crippen LogP contribution in [0.1, 0.15) is 47.0 Å². The summed E-state index contributed by atoms with van der Waals surface area (Å²) in [7, 11) is 0. The Kier molecular flexibility index (Phi) is 9.58. The molecule has 6 heteroatoms. The zero-order valence-corrected chi connectivity index (χ0v) is 15.5. The smallest absolute Gasteiger partial charge is 0.372 e. The number of nitrogens with one attached hydrogen (secondary N) is 1. The third-order valence-corrected chi connectivity index (χ3v) is 4.12. The molecule has 0 spiro atoms. The van der Waals surface area contributed by atoms with Gasteiger partial charge in [0, 0.05) is 19.5 Å². The van der Waals surface area contributed by atoms with E-state index in [1.165, 1.54) is 0 Å². The van der Waals surface area contributed by atoms with Crippen molar-refractivity contribution in [2.45, 2.75) is 65.3 Å². The quantitative estimate of drug-likeness (QED) is 0.539. The second-order valence-electron chi connectivity index (χ2n) is 6.36. The summed E-state index contributed by atoms with van der Waals surface area (Å²) in [5, 5.41) is 8.30. The van der Waals surface area contributed by atoms with Gasteiger partial charge >= 0.3 is 6.18 Å². The molecule has 0 aromatic carbocycles. The molecule has 0 bridgehead atoms. The summed E-state index contributed by atoms with van der Waals surface area (Å²) in [4.78, 5) is 2.02. The lowest BCUT2D eigenvalue weighted by molar-refractivity contribution is -0.135. The van der Waals surface area contributed by atoms with E-state index in [1.807, 2.05) is 18.7 Å². The largest absolute Gasteiger partial charge is 0.389 e. The fourth-order valence-corrected chi connectivity index (χ4v) is 2.73. The molecule has 1 N–H and O–H groups in total. The van der Waals surface area contributed by atoms with Crippen LogP contribution in [0, 0.1) is 18.3 Å². The first kappa shape index (κ1) is 23.3.